The summed E-state index contributed by atoms with van der Waals surface area (Å²) in [4.78, 5) is 11.7. The molecule has 102 valence electrons. The van der Waals surface area contributed by atoms with Gasteiger partial charge in [0.1, 0.15) is 12.2 Å². The zero-order valence-corrected chi connectivity index (χ0v) is 11.6. The maximum Gasteiger partial charge on any atom is 0.236 e. The fourth-order valence-corrected chi connectivity index (χ4v) is 1.48. The first-order valence-corrected chi connectivity index (χ1v) is 6.34. The Balaban J connectivity index is 2.22. The molecule has 1 aromatic rings. The molecular formula is C12H23N5O. The molecule has 1 rings (SSSR count). The van der Waals surface area contributed by atoms with Crippen LogP contribution in [0.4, 0.5) is 0 Å². The lowest BCUT2D eigenvalue weighted by Crippen LogP contribution is -2.44. The van der Waals surface area contributed by atoms with Crippen molar-refractivity contribution in [2.45, 2.75) is 33.2 Å². The van der Waals surface area contributed by atoms with E-state index in [4.69, 9.17) is 0 Å². The van der Waals surface area contributed by atoms with E-state index >= 15 is 0 Å². The molecule has 0 spiro atoms. The second-order valence-corrected chi connectivity index (χ2v) is 4.92. The van der Waals surface area contributed by atoms with E-state index in [0.717, 1.165) is 12.2 Å². The highest BCUT2D eigenvalue weighted by molar-refractivity contribution is 5.81. The van der Waals surface area contributed by atoms with Gasteiger partial charge in [0.25, 0.3) is 0 Å². The Labute approximate surface area is 108 Å². The largest absolute Gasteiger partial charge is 0.354 e. The van der Waals surface area contributed by atoms with Crippen molar-refractivity contribution >= 4 is 5.91 Å². The monoisotopic (exact) mass is 253 g/mol. The molecule has 0 radical (unpaired) electrons. The van der Waals surface area contributed by atoms with Crippen LogP contribution in [0.1, 0.15) is 26.6 Å². The summed E-state index contributed by atoms with van der Waals surface area (Å²) in [6.45, 7) is 7.45. The van der Waals surface area contributed by atoms with Crippen molar-refractivity contribution in [1.29, 1.82) is 0 Å². The van der Waals surface area contributed by atoms with Crippen LogP contribution in [-0.4, -0.2) is 39.8 Å². The molecule has 1 amide bonds. The molecule has 0 aliphatic heterocycles. The van der Waals surface area contributed by atoms with Crippen molar-refractivity contribution in [3.63, 3.8) is 0 Å². The van der Waals surface area contributed by atoms with Crippen LogP contribution >= 0.6 is 0 Å². The minimum absolute atomic E-state index is 0.0432. The van der Waals surface area contributed by atoms with Gasteiger partial charge in [0.05, 0.1) is 6.04 Å². The molecule has 18 heavy (non-hydrogen) atoms. The lowest BCUT2D eigenvalue weighted by Gasteiger charge is -2.14. The smallest absolute Gasteiger partial charge is 0.236 e. The van der Waals surface area contributed by atoms with Crippen LogP contribution in [0.2, 0.25) is 0 Å². The minimum atomic E-state index is -0.183. The first-order chi connectivity index (χ1) is 8.50. The van der Waals surface area contributed by atoms with Crippen molar-refractivity contribution < 1.29 is 4.79 Å². The number of rotatable bonds is 7. The van der Waals surface area contributed by atoms with Crippen LogP contribution in [0.3, 0.4) is 0 Å². The number of hydrogen-bond donors (Lipinski definition) is 2. The summed E-state index contributed by atoms with van der Waals surface area (Å²) in [7, 11) is 1.91. The fraction of sp³-hybridized carbons (Fsp3) is 0.750. The van der Waals surface area contributed by atoms with Gasteiger partial charge in [-0.25, -0.2) is 0 Å². The van der Waals surface area contributed by atoms with E-state index in [1.807, 2.05) is 18.5 Å². The lowest BCUT2D eigenvalue weighted by atomic mass is 10.2. The Kier molecular flexibility index (Phi) is 5.77. The highest BCUT2D eigenvalue weighted by Gasteiger charge is 2.12. The zero-order chi connectivity index (χ0) is 13.5. The molecule has 0 bridgehead atoms. The minimum Gasteiger partial charge on any atom is -0.354 e. The van der Waals surface area contributed by atoms with Crippen LogP contribution in [0.25, 0.3) is 0 Å². The van der Waals surface area contributed by atoms with Crippen LogP contribution in [0.5, 0.6) is 0 Å². The molecule has 6 nitrogen and oxygen atoms in total. The number of nitrogens with zero attached hydrogens (tertiary/aromatic N) is 3. The highest BCUT2D eigenvalue weighted by atomic mass is 16.2. The van der Waals surface area contributed by atoms with Gasteiger partial charge in [-0.15, -0.1) is 10.2 Å². The van der Waals surface area contributed by atoms with Gasteiger partial charge in [0, 0.05) is 26.6 Å². The van der Waals surface area contributed by atoms with E-state index in [1.165, 1.54) is 0 Å². The first kappa shape index (κ1) is 14.6. The average Bonchev–Trinajstić information content (AvgIpc) is 2.72. The number of hydrogen-bond acceptors (Lipinski definition) is 4. The summed E-state index contributed by atoms with van der Waals surface area (Å²) in [5, 5.41) is 13.9. The molecule has 0 aliphatic rings. The third-order valence-corrected chi connectivity index (χ3v) is 2.68. The molecule has 1 aromatic heterocycles. The Hall–Kier alpha value is -1.43. The quantitative estimate of drug-likeness (QED) is 0.723. The van der Waals surface area contributed by atoms with Gasteiger partial charge in [-0.1, -0.05) is 13.8 Å². The maximum absolute atomic E-state index is 11.7. The summed E-state index contributed by atoms with van der Waals surface area (Å²) in [5.41, 5.74) is 0. The van der Waals surface area contributed by atoms with Crippen LogP contribution in [0, 0.1) is 5.92 Å². The van der Waals surface area contributed by atoms with Gasteiger partial charge >= 0.3 is 0 Å². The topological polar surface area (TPSA) is 71.8 Å². The number of amides is 1. The Morgan fingerprint density at radius 3 is 2.72 bits per heavy atom. The van der Waals surface area contributed by atoms with Crippen molar-refractivity contribution in [2.75, 3.05) is 13.1 Å². The molecule has 1 unspecified atom stereocenters. The van der Waals surface area contributed by atoms with Gasteiger partial charge < -0.3 is 15.2 Å². The molecule has 0 saturated carbocycles. The number of nitrogens with one attached hydrogen (secondary N) is 2. The predicted octanol–water partition coefficient (Wildman–Crippen LogP) is 0.108. The van der Waals surface area contributed by atoms with Crippen LogP contribution in [-0.2, 0) is 18.3 Å². The second-order valence-electron chi connectivity index (χ2n) is 4.92. The Morgan fingerprint density at radius 1 is 1.44 bits per heavy atom. The second kappa shape index (κ2) is 7.10. The highest BCUT2D eigenvalue weighted by Crippen LogP contribution is 1.93. The van der Waals surface area contributed by atoms with Gasteiger partial charge in [-0.3, -0.25) is 4.79 Å². The molecule has 0 aliphatic carbocycles. The Bertz CT molecular complexity index is 374. The summed E-state index contributed by atoms with van der Waals surface area (Å²) in [5.74, 6) is 1.43. The van der Waals surface area contributed by atoms with Gasteiger partial charge in [0.15, 0.2) is 0 Å². The van der Waals surface area contributed by atoms with Gasteiger partial charge in [0.2, 0.25) is 5.91 Å². The van der Waals surface area contributed by atoms with Gasteiger partial charge in [-0.05, 0) is 12.8 Å². The zero-order valence-electron chi connectivity index (χ0n) is 11.6. The maximum atomic E-state index is 11.7. The van der Waals surface area contributed by atoms with Crippen molar-refractivity contribution in [3.05, 3.63) is 12.2 Å². The van der Waals surface area contributed by atoms with Crippen molar-refractivity contribution in [1.82, 2.24) is 25.4 Å². The standard InChI is InChI=1S/C12H23N5O/c1-9(2)7-14-12(18)10(3)13-6-5-11-16-15-8-17(11)4/h8-10,13H,5-7H2,1-4H3,(H,14,18). The molecule has 0 aromatic carbocycles. The van der Waals surface area contributed by atoms with Crippen LogP contribution in [0.15, 0.2) is 6.33 Å². The number of carbonyl (C=O) groups is 1. The van der Waals surface area contributed by atoms with Gasteiger partial charge in [-0.2, -0.15) is 0 Å². The number of carbonyl (C=O) groups excluding carboxylic acids is 1. The predicted molar refractivity (Wildman–Crippen MR) is 70.0 cm³/mol. The number of aryl methyl sites for hydroxylation is 1. The SMILES string of the molecule is CC(C)CNC(=O)C(C)NCCc1nncn1C. The summed E-state index contributed by atoms with van der Waals surface area (Å²) >= 11 is 0. The molecule has 2 N–H and O–H groups in total. The third kappa shape index (κ3) is 4.83. The Morgan fingerprint density at radius 2 is 2.17 bits per heavy atom. The summed E-state index contributed by atoms with van der Waals surface area (Å²) < 4.78 is 1.88. The molecule has 0 fully saturated rings. The first-order valence-electron chi connectivity index (χ1n) is 6.34. The van der Waals surface area contributed by atoms with E-state index in [0.29, 0.717) is 19.0 Å². The molecule has 1 heterocycles. The molecular weight excluding hydrogens is 230 g/mol. The molecule has 6 heteroatoms. The lowest BCUT2D eigenvalue weighted by molar-refractivity contribution is -0.122. The van der Waals surface area contributed by atoms with E-state index in [1.54, 1.807) is 6.33 Å². The van der Waals surface area contributed by atoms with E-state index in [-0.39, 0.29) is 11.9 Å². The van der Waals surface area contributed by atoms with E-state index in [2.05, 4.69) is 34.7 Å². The molecule has 0 saturated heterocycles. The summed E-state index contributed by atoms with van der Waals surface area (Å²) in [6.07, 6.45) is 2.44. The normalized spacial score (nSPS) is 12.7. The van der Waals surface area contributed by atoms with Crippen molar-refractivity contribution in [3.8, 4) is 0 Å². The van der Waals surface area contributed by atoms with Crippen LogP contribution < -0.4 is 10.6 Å². The summed E-state index contributed by atoms with van der Waals surface area (Å²) in [6, 6.07) is -0.183. The van der Waals surface area contributed by atoms with Crippen molar-refractivity contribution in [2.24, 2.45) is 13.0 Å². The average molecular weight is 253 g/mol. The fourth-order valence-electron chi connectivity index (χ4n) is 1.48. The molecule has 1 atom stereocenters. The van der Waals surface area contributed by atoms with E-state index in [9.17, 15) is 4.79 Å². The third-order valence-electron chi connectivity index (χ3n) is 2.68. The number of aromatic nitrogens is 3. The van der Waals surface area contributed by atoms with E-state index < -0.39 is 0 Å².